The highest BCUT2D eigenvalue weighted by Gasteiger charge is 2.23. The molecule has 0 saturated carbocycles. The smallest absolute Gasteiger partial charge is 0.242 e. The molecular formula is C26H29N3O3S. The molecule has 3 rings (SSSR count). The van der Waals surface area contributed by atoms with Crippen molar-refractivity contribution in [2.24, 2.45) is 5.10 Å². The molecule has 0 aromatic heterocycles. The van der Waals surface area contributed by atoms with Crippen molar-refractivity contribution in [2.75, 3.05) is 0 Å². The van der Waals surface area contributed by atoms with Gasteiger partial charge in [-0.05, 0) is 41.7 Å². The van der Waals surface area contributed by atoms with E-state index >= 15 is 0 Å². The lowest BCUT2D eigenvalue weighted by Crippen LogP contribution is -2.32. The number of nitrogens with one attached hydrogen (secondary N) is 2. The van der Waals surface area contributed by atoms with E-state index in [0.717, 1.165) is 11.1 Å². The third-order valence-corrected chi connectivity index (χ3v) is 6.71. The maximum Gasteiger partial charge on any atom is 0.242 e. The first kappa shape index (κ1) is 24.4. The average molecular weight is 464 g/mol. The van der Waals surface area contributed by atoms with Crippen LogP contribution in [0.2, 0.25) is 0 Å². The van der Waals surface area contributed by atoms with Gasteiger partial charge in [-0.1, -0.05) is 86.1 Å². The predicted octanol–water partition coefficient (Wildman–Crippen LogP) is 4.68. The second kappa shape index (κ2) is 11.0. The summed E-state index contributed by atoms with van der Waals surface area (Å²) >= 11 is 0. The molecule has 3 aromatic rings. The highest BCUT2D eigenvalue weighted by molar-refractivity contribution is 7.89. The van der Waals surface area contributed by atoms with Gasteiger partial charge in [-0.3, -0.25) is 4.79 Å². The van der Waals surface area contributed by atoms with Gasteiger partial charge in [-0.15, -0.1) is 0 Å². The molecule has 172 valence electrons. The minimum atomic E-state index is -3.81. The maximum absolute atomic E-state index is 12.9. The van der Waals surface area contributed by atoms with E-state index in [0.29, 0.717) is 11.5 Å². The molecule has 0 heterocycles. The number of carbonyl (C=O) groups is 1. The van der Waals surface area contributed by atoms with Crippen LogP contribution in [0.15, 0.2) is 88.9 Å². The molecule has 3 aromatic carbocycles. The van der Waals surface area contributed by atoms with Gasteiger partial charge in [0.15, 0.2) is 0 Å². The first-order chi connectivity index (χ1) is 15.7. The van der Waals surface area contributed by atoms with Crippen molar-refractivity contribution in [3.63, 3.8) is 0 Å². The molecule has 0 bridgehead atoms. The number of sulfonamides is 1. The van der Waals surface area contributed by atoms with E-state index in [4.69, 9.17) is 0 Å². The molecule has 7 heteroatoms. The minimum absolute atomic E-state index is 0.0985. The molecule has 1 amide bonds. The number of carbonyl (C=O) groups excluding carboxylic acids is 1. The fourth-order valence-corrected chi connectivity index (χ4v) is 4.49. The summed E-state index contributed by atoms with van der Waals surface area (Å²) in [6.45, 7) is 6.14. The van der Waals surface area contributed by atoms with Crippen molar-refractivity contribution in [2.45, 2.75) is 44.0 Å². The van der Waals surface area contributed by atoms with E-state index in [1.54, 1.807) is 54.7 Å². The molecule has 0 spiro atoms. The topological polar surface area (TPSA) is 87.6 Å². The largest absolute Gasteiger partial charge is 0.273 e. The standard InChI is InChI=1S/C26H29N3O3S/c1-19(2)22-13-11-21(12-14-22)18-27-28-26(30)17-25(23-7-5-4-6-8-23)29-33(31,32)24-15-9-20(3)10-16-24/h4-16,18-19,25,29H,17H2,1-3H3,(H,28,30)/b27-18-/t25-/m0/s1. The van der Waals surface area contributed by atoms with E-state index < -0.39 is 22.0 Å². The van der Waals surface area contributed by atoms with Crippen molar-refractivity contribution in [3.8, 4) is 0 Å². The molecule has 2 N–H and O–H groups in total. The van der Waals surface area contributed by atoms with Gasteiger partial charge in [0.2, 0.25) is 15.9 Å². The molecule has 33 heavy (non-hydrogen) atoms. The number of hydrogen-bond acceptors (Lipinski definition) is 4. The van der Waals surface area contributed by atoms with E-state index in [2.05, 4.69) is 29.1 Å². The van der Waals surface area contributed by atoms with Gasteiger partial charge < -0.3 is 0 Å². The maximum atomic E-state index is 12.9. The zero-order valence-corrected chi connectivity index (χ0v) is 19.8. The van der Waals surface area contributed by atoms with Crippen molar-refractivity contribution in [3.05, 3.63) is 101 Å². The SMILES string of the molecule is Cc1ccc(S(=O)(=O)N[C@@H](CC(=O)N/N=C\c2ccc(C(C)C)cc2)c2ccccc2)cc1. The van der Waals surface area contributed by atoms with Gasteiger partial charge in [0.05, 0.1) is 17.2 Å². The van der Waals surface area contributed by atoms with Crippen LogP contribution in [0.1, 0.15) is 54.5 Å². The molecule has 0 radical (unpaired) electrons. The predicted molar refractivity (Wildman–Crippen MR) is 132 cm³/mol. The van der Waals surface area contributed by atoms with Crippen LogP contribution in [0, 0.1) is 6.92 Å². The normalized spacial score (nSPS) is 12.7. The average Bonchev–Trinajstić information content (AvgIpc) is 2.80. The van der Waals surface area contributed by atoms with Crippen molar-refractivity contribution >= 4 is 22.1 Å². The molecule has 0 saturated heterocycles. The summed E-state index contributed by atoms with van der Waals surface area (Å²) in [6, 6.07) is 22.8. The van der Waals surface area contributed by atoms with Crippen LogP contribution < -0.4 is 10.1 Å². The number of amides is 1. The summed E-state index contributed by atoms with van der Waals surface area (Å²) in [5.41, 5.74) is 6.24. The number of hydrazone groups is 1. The summed E-state index contributed by atoms with van der Waals surface area (Å²) in [5, 5.41) is 4.03. The lowest BCUT2D eigenvalue weighted by Gasteiger charge is -2.18. The number of hydrogen-bond donors (Lipinski definition) is 2. The Morgan fingerprint density at radius 2 is 1.55 bits per heavy atom. The van der Waals surface area contributed by atoms with Crippen molar-refractivity contribution < 1.29 is 13.2 Å². The first-order valence-electron chi connectivity index (χ1n) is 10.8. The molecule has 0 aliphatic carbocycles. The van der Waals surface area contributed by atoms with Crippen LogP contribution >= 0.6 is 0 Å². The number of benzene rings is 3. The molecule has 1 atom stereocenters. The Kier molecular flexibility index (Phi) is 8.14. The van der Waals surface area contributed by atoms with Gasteiger partial charge in [0.1, 0.15) is 0 Å². The minimum Gasteiger partial charge on any atom is -0.273 e. The Labute approximate surface area is 195 Å². The summed E-state index contributed by atoms with van der Waals surface area (Å²) in [5.74, 6) is 0.0415. The zero-order chi connectivity index (χ0) is 23.8. The number of nitrogens with zero attached hydrogens (tertiary/aromatic N) is 1. The molecule has 0 aliphatic heterocycles. The molecule has 0 fully saturated rings. The molecule has 0 unspecified atom stereocenters. The second-order valence-electron chi connectivity index (χ2n) is 8.22. The summed E-state index contributed by atoms with van der Waals surface area (Å²) in [4.78, 5) is 12.7. The summed E-state index contributed by atoms with van der Waals surface area (Å²) in [7, 11) is -3.81. The van der Waals surface area contributed by atoms with Crippen LogP contribution in [0.3, 0.4) is 0 Å². The van der Waals surface area contributed by atoms with E-state index in [1.165, 1.54) is 5.56 Å². The third kappa shape index (κ3) is 7.10. The van der Waals surface area contributed by atoms with Crippen LogP contribution in [-0.4, -0.2) is 20.5 Å². The molecule has 6 nitrogen and oxygen atoms in total. The van der Waals surface area contributed by atoms with Crippen molar-refractivity contribution in [1.82, 2.24) is 10.1 Å². The molecule has 0 aliphatic rings. The van der Waals surface area contributed by atoms with E-state index in [-0.39, 0.29) is 11.3 Å². The Hall–Kier alpha value is -3.29. The quantitative estimate of drug-likeness (QED) is 0.357. The Morgan fingerprint density at radius 1 is 0.909 bits per heavy atom. The van der Waals surface area contributed by atoms with Gasteiger partial charge in [0, 0.05) is 6.42 Å². The lowest BCUT2D eigenvalue weighted by molar-refractivity contribution is -0.121. The second-order valence-corrected chi connectivity index (χ2v) is 9.93. The Balaban J connectivity index is 1.70. The summed E-state index contributed by atoms with van der Waals surface area (Å²) in [6.07, 6.45) is 1.47. The fourth-order valence-electron chi connectivity index (χ4n) is 3.26. The highest BCUT2D eigenvalue weighted by Crippen LogP contribution is 2.21. The zero-order valence-electron chi connectivity index (χ0n) is 19.0. The lowest BCUT2D eigenvalue weighted by atomic mass is 10.0. The van der Waals surface area contributed by atoms with E-state index in [1.807, 2.05) is 37.3 Å². The van der Waals surface area contributed by atoms with Gasteiger partial charge in [0.25, 0.3) is 0 Å². The van der Waals surface area contributed by atoms with Crippen LogP contribution in [-0.2, 0) is 14.8 Å². The Bertz CT molecular complexity index is 1190. The Morgan fingerprint density at radius 3 is 2.15 bits per heavy atom. The number of rotatable bonds is 9. The monoisotopic (exact) mass is 463 g/mol. The summed E-state index contributed by atoms with van der Waals surface area (Å²) < 4.78 is 28.5. The first-order valence-corrected chi connectivity index (χ1v) is 12.3. The van der Waals surface area contributed by atoms with Crippen LogP contribution in [0.5, 0.6) is 0 Å². The molecular weight excluding hydrogens is 434 g/mol. The van der Waals surface area contributed by atoms with Crippen LogP contribution in [0.25, 0.3) is 0 Å². The van der Waals surface area contributed by atoms with Gasteiger partial charge in [-0.2, -0.15) is 5.10 Å². The van der Waals surface area contributed by atoms with Gasteiger partial charge in [-0.25, -0.2) is 18.6 Å². The number of aryl methyl sites for hydroxylation is 1. The van der Waals surface area contributed by atoms with E-state index in [9.17, 15) is 13.2 Å². The van der Waals surface area contributed by atoms with Gasteiger partial charge >= 0.3 is 0 Å². The van der Waals surface area contributed by atoms with Crippen LogP contribution in [0.4, 0.5) is 0 Å². The highest BCUT2D eigenvalue weighted by atomic mass is 32.2. The van der Waals surface area contributed by atoms with Crippen molar-refractivity contribution in [1.29, 1.82) is 0 Å². The fraction of sp³-hybridized carbons (Fsp3) is 0.231. The third-order valence-electron chi connectivity index (χ3n) is 5.23.